The van der Waals surface area contributed by atoms with Crippen LogP contribution in [0.1, 0.15) is 44.6 Å². The maximum Gasteiger partial charge on any atom is 0.230 e. The van der Waals surface area contributed by atoms with Crippen molar-refractivity contribution in [1.29, 1.82) is 0 Å². The average Bonchev–Trinajstić information content (AvgIpc) is 2.88. The summed E-state index contributed by atoms with van der Waals surface area (Å²) in [5.74, 6) is 1.46. The molecule has 29 heavy (non-hydrogen) atoms. The summed E-state index contributed by atoms with van der Waals surface area (Å²) in [6.45, 7) is 2.59. The first-order chi connectivity index (χ1) is 13.9. The largest absolute Gasteiger partial charge is 0.338 e. The Bertz CT molecular complexity index is 1030. The molecule has 0 radical (unpaired) electrons. The van der Waals surface area contributed by atoms with Crippen LogP contribution >= 0.6 is 0 Å². The van der Waals surface area contributed by atoms with E-state index >= 15 is 0 Å². The highest BCUT2D eigenvalue weighted by Gasteiger charge is 2.33. The van der Waals surface area contributed by atoms with Crippen LogP contribution in [0.25, 0.3) is 0 Å². The SMILES string of the molecule is CCC1CCC(C(=O)N2Cc3cccnc3Nc3ccc(S(C)(=O)=O)cc32)CC1. The highest BCUT2D eigenvalue weighted by Crippen LogP contribution is 2.39. The maximum absolute atomic E-state index is 13.6. The summed E-state index contributed by atoms with van der Waals surface area (Å²) in [4.78, 5) is 19.9. The molecule has 0 atom stereocenters. The van der Waals surface area contributed by atoms with Gasteiger partial charge >= 0.3 is 0 Å². The minimum Gasteiger partial charge on any atom is -0.338 e. The van der Waals surface area contributed by atoms with Gasteiger partial charge in [0.1, 0.15) is 5.82 Å². The number of hydrogen-bond donors (Lipinski definition) is 1. The first-order valence-electron chi connectivity index (χ1n) is 10.2. The summed E-state index contributed by atoms with van der Waals surface area (Å²) in [6, 6.07) is 8.72. The van der Waals surface area contributed by atoms with Crippen molar-refractivity contribution in [2.24, 2.45) is 11.8 Å². The molecule has 1 fully saturated rings. The number of carbonyl (C=O) groups is 1. The van der Waals surface area contributed by atoms with Crippen molar-refractivity contribution in [1.82, 2.24) is 4.98 Å². The summed E-state index contributed by atoms with van der Waals surface area (Å²) in [5, 5.41) is 3.29. The lowest BCUT2D eigenvalue weighted by Gasteiger charge is -2.32. The van der Waals surface area contributed by atoms with Gasteiger partial charge in [0.15, 0.2) is 9.84 Å². The van der Waals surface area contributed by atoms with Crippen molar-refractivity contribution >= 4 is 32.9 Å². The molecule has 7 heteroatoms. The van der Waals surface area contributed by atoms with Crippen molar-refractivity contribution in [3.63, 3.8) is 0 Å². The van der Waals surface area contributed by atoms with Crippen LogP contribution in [0.4, 0.5) is 17.2 Å². The van der Waals surface area contributed by atoms with Crippen molar-refractivity contribution in [3.8, 4) is 0 Å². The molecule has 2 heterocycles. The molecular weight excluding hydrogens is 386 g/mol. The van der Waals surface area contributed by atoms with Gasteiger partial charge in [-0.2, -0.15) is 0 Å². The fourth-order valence-corrected chi connectivity index (χ4v) is 5.01. The quantitative estimate of drug-likeness (QED) is 0.812. The Morgan fingerprint density at radius 1 is 1.21 bits per heavy atom. The molecule has 1 aliphatic carbocycles. The van der Waals surface area contributed by atoms with Crippen LogP contribution in [0.3, 0.4) is 0 Å². The number of rotatable bonds is 3. The predicted molar refractivity (Wildman–Crippen MR) is 114 cm³/mol. The molecule has 0 bridgehead atoms. The summed E-state index contributed by atoms with van der Waals surface area (Å²) in [6.07, 6.45) is 7.99. The van der Waals surface area contributed by atoms with E-state index in [0.29, 0.717) is 29.7 Å². The third-order valence-corrected chi connectivity index (χ3v) is 7.31. The number of sulfone groups is 1. The molecular formula is C22H27N3O3S. The fourth-order valence-electron chi connectivity index (χ4n) is 4.37. The Labute approximate surface area is 172 Å². The number of amides is 1. The van der Waals surface area contributed by atoms with E-state index in [1.54, 1.807) is 29.3 Å². The van der Waals surface area contributed by atoms with Gasteiger partial charge in [-0.3, -0.25) is 4.79 Å². The molecule has 1 N–H and O–H groups in total. The number of nitrogens with one attached hydrogen (secondary N) is 1. The van der Waals surface area contributed by atoms with Gasteiger partial charge in [-0.25, -0.2) is 13.4 Å². The lowest BCUT2D eigenvalue weighted by Crippen LogP contribution is -2.37. The molecule has 0 spiro atoms. The Hall–Kier alpha value is -2.41. The van der Waals surface area contributed by atoms with E-state index in [0.717, 1.165) is 37.7 Å². The molecule has 2 aliphatic rings. The smallest absolute Gasteiger partial charge is 0.230 e. The highest BCUT2D eigenvalue weighted by atomic mass is 32.2. The molecule has 1 aliphatic heterocycles. The number of benzene rings is 1. The third kappa shape index (κ3) is 4.01. The van der Waals surface area contributed by atoms with Gasteiger partial charge in [0.25, 0.3) is 0 Å². The van der Waals surface area contributed by atoms with Gasteiger partial charge in [-0.1, -0.05) is 19.4 Å². The van der Waals surface area contributed by atoms with E-state index in [-0.39, 0.29) is 16.7 Å². The Morgan fingerprint density at radius 2 is 1.97 bits per heavy atom. The topological polar surface area (TPSA) is 79.4 Å². The van der Waals surface area contributed by atoms with E-state index < -0.39 is 9.84 Å². The highest BCUT2D eigenvalue weighted by molar-refractivity contribution is 7.90. The Kier molecular flexibility index (Phi) is 5.34. The maximum atomic E-state index is 13.6. The lowest BCUT2D eigenvalue weighted by molar-refractivity contribution is -0.123. The van der Waals surface area contributed by atoms with Gasteiger partial charge in [0.05, 0.1) is 22.8 Å². The average molecular weight is 414 g/mol. The monoisotopic (exact) mass is 413 g/mol. The number of aromatic nitrogens is 1. The first-order valence-corrected chi connectivity index (χ1v) is 12.1. The van der Waals surface area contributed by atoms with E-state index in [4.69, 9.17) is 0 Å². The molecule has 1 saturated carbocycles. The minimum atomic E-state index is -3.38. The Balaban J connectivity index is 1.74. The van der Waals surface area contributed by atoms with Crippen LogP contribution in [0.5, 0.6) is 0 Å². The number of fused-ring (bicyclic) bond motifs is 2. The van der Waals surface area contributed by atoms with Gasteiger partial charge in [0.2, 0.25) is 5.91 Å². The van der Waals surface area contributed by atoms with Crippen molar-refractivity contribution in [3.05, 3.63) is 42.1 Å². The second-order valence-corrected chi connectivity index (χ2v) is 10.2. The zero-order chi connectivity index (χ0) is 20.6. The predicted octanol–water partition coefficient (Wildman–Crippen LogP) is 4.29. The zero-order valence-electron chi connectivity index (χ0n) is 16.9. The van der Waals surface area contributed by atoms with Crippen LogP contribution < -0.4 is 10.2 Å². The minimum absolute atomic E-state index is 0.0224. The molecule has 6 nitrogen and oxygen atoms in total. The molecule has 2 aromatic rings. The number of hydrogen-bond acceptors (Lipinski definition) is 5. The fraction of sp³-hybridized carbons (Fsp3) is 0.455. The van der Waals surface area contributed by atoms with Crippen LogP contribution in [-0.2, 0) is 21.2 Å². The van der Waals surface area contributed by atoms with Gasteiger partial charge in [-0.05, 0) is 55.9 Å². The van der Waals surface area contributed by atoms with E-state index in [1.807, 2.05) is 12.1 Å². The third-order valence-electron chi connectivity index (χ3n) is 6.20. The second kappa shape index (κ2) is 7.78. The van der Waals surface area contributed by atoms with Crippen molar-refractivity contribution in [2.75, 3.05) is 16.5 Å². The number of nitrogens with zero attached hydrogens (tertiary/aromatic N) is 2. The summed E-state index contributed by atoms with van der Waals surface area (Å²) < 4.78 is 24.3. The molecule has 1 amide bonds. The van der Waals surface area contributed by atoms with Crippen molar-refractivity contribution in [2.45, 2.75) is 50.5 Å². The molecule has 1 aromatic carbocycles. The first kappa shape index (κ1) is 19.9. The van der Waals surface area contributed by atoms with Gasteiger partial charge in [0, 0.05) is 23.9 Å². The Morgan fingerprint density at radius 3 is 2.66 bits per heavy atom. The molecule has 154 valence electrons. The molecule has 4 rings (SSSR count). The molecule has 1 aromatic heterocycles. The number of pyridine rings is 1. The van der Waals surface area contributed by atoms with Crippen LogP contribution in [0.15, 0.2) is 41.4 Å². The van der Waals surface area contributed by atoms with E-state index in [1.165, 1.54) is 6.26 Å². The molecule has 0 unspecified atom stereocenters. The number of carbonyl (C=O) groups excluding carboxylic acids is 1. The summed E-state index contributed by atoms with van der Waals surface area (Å²) in [5.41, 5.74) is 2.22. The van der Waals surface area contributed by atoms with Crippen LogP contribution in [0, 0.1) is 11.8 Å². The number of anilines is 3. The summed E-state index contributed by atoms with van der Waals surface area (Å²) >= 11 is 0. The van der Waals surface area contributed by atoms with Gasteiger partial charge < -0.3 is 10.2 Å². The molecule has 0 saturated heterocycles. The van der Waals surface area contributed by atoms with Crippen LogP contribution in [0.2, 0.25) is 0 Å². The summed E-state index contributed by atoms with van der Waals surface area (Å²) in [7, 11) is -3.38. The van der Waals surface area contributed by atoms with E-state index in [9.17, 15) is 13.2 Å². The van der Waals surface area contributed by atoms with Crippen LogP contribution in [-0.4, -0.2) is 25.6 Å². The van der Waals surface area contributed by atoms with Crippen molar-refractivity contribution < 1.29 is 13.2 Å². The normalized spacial score (nSPS) is 21.5. The zero-order valence-corrected chi connectivity index (χ0v) is 17.7. The second-order valence-electron chi connectivity index (χ2n) is 8.14. The van der Waals surface area contributed by atoms with E-state index in [2.05, 4.69) is 17.2 Å². The van der Waals surface area contributed by atoms with Gasteiger partial charge in [-0.15, -0.1) is 0 Å². The lowest BCUT2D eigenvalue weighted by atomic mass is 9.80. The standard InChI is InChI=1S/C22H27N3O3S/c1-3-15-6-8-16(9-7-15)22(26)25-14-17-5-4-12-23-21(17)24-19-11-10-18(13-20(19)25)29(2,27)28/h4-5,10-13,15-16H,3,6-9,14H2,1-2H3,(H,23,24).